The first-order valence-electron chi connectivity index (χ1n) is 6.84. The first-order valence-corrected chi connectivity index (χ1v) is 7.65. The maximum absolute atomic E-state index is 12.2. The minimum Gasteiger partial charge on any atom is -0.465 e. The van der Waals surface area contributed by atoms with Crippen molar-refractivity contribution in [1.29, 1.82) is 0 Å². The summed E-state index contributed by atoms with van der Waals surface area (Å²) in [4.78, 5) is 54.2. The van der Waals surface area contributed by atoms with Gasteiger partial charge in [0.15, 0.2) is 6.10 Å². The molecule has 1 amide bonds. The van der Waals surface area contributed by atoms with Gasteiger partial charge in [-0.2, -0.15) is 0 Å². The molecule has 2 aromatic rings. The number of aromatic nitrogens is 2. The summed E-state index contributed by atoms with van der Waals surface area (Å²) in [5.74, 6) is -1.92. The molecular weight excluding hydrogens is 338 g/mol. The molecule has 0 aromatic carbocycles. The molecule has 0 bridgehead atoms. The number of ether oxygens (including phenoxy) is 2. The van der Waals surface area contributed by atoms with Crippen LogP contribution in [0.1, 0.15) is 28.0 Å². The molecule has 10 heteroatoms. The van der Waals surface area contributed by atoms with Crippen LogP contribution in [0.25, 0.3) is 10.2 Å². The maximum Gasteiger partial charge on any atom is 0.348 e. The van der Waals surface area contributed by atoms with Gasteiger partial charge in [-0.05, 0) is 13.8 Å². The third-order valence-electron chi connectivity index (χ3n) is 3.18. The lowest BCUT2D eigenvalue weighted by molar-refractivity contribution is -0.153. The Balaban J connectivity index is 2.50. The minimum atomic E-state index is -1.12. The van der Waals surface area contributed by atoms with Crippen LogP contribution in [0, 0.1) is 6.92 Å². The van der Waals surface area contributed by atoms with E-state index in [0.717, 1.165) is 11.3 Å². The third kappa shape index (κ3) is 3.43. The number of nitrogens with zero attached hydrogens (tertiary/aromatic N) is 1. The van der Waals surface area contributed by atoms with Crippen molar-refractivity contribution in [1.82, 2.24) is 9.97 Å². The van der Waals surface area contributed by atoms with Crippen molar-refractivity contribution in [2.24, 2.45) is 5.73 Å². The molecule has 0 saturated carbocycles. The number of amides is 1. The van der Waals surface area contributed by atoms with E-state index in [2.05, 4.69) is 14.7 Å². The van der Waals surface area contributed by atoms with Crippen LogP contribution in [0.2, 0.25) is 0 Å². The van der Waals surface area contributed by atoms with Gasteiger partial charge in [0.05, 0.1) is 18.9 Å². The van der Waals surface area contributed by atoms with E-state index in [1.807, 2.05) is 0 Å². The zero-order valence-corrected chi connectivity index (χ0v) is 14.0. The first kappa shape index (κ1) is 17.6. The number of primary amides is 1. The average Bonchev–Trinajstić information content (AvgIpc) is 2.84. The Hall–Kier alpha value is -2.75. The molecule has 0 fully saturated rings. The molecule has 0 saturated heterocycles. The van der Waals surface area contributed by atoms with Crippen LogP contribution in [-0.2, 0) is 25.5 Å². The molecular formula is C14H15N3O6S. The summed E-state index contributed by atoms with van der Waals surface area (Å²) >= 11 is 0.947. The van der Waals surface area contributed by atoms with Crippen molar-refractivity contribution in [3.63, 3.8) is 0 Å². The largest absolute Gasteiger partial charge is 0.465 e. The van der Waals surface area contributed by atoms with E-state index in [9.17, 15) is 19.2 Å². The SMILES string of the molecule is COC(=O)c1sc2nc(C)[nH]c(=O)c2c1CC(=O)O[C@@H](C)C(N)=O. The summed E-state index contributed by atoms with van der Waals surface area (Å²) in [7, 11) is 1.19. The smallest absolute Gasteiger partial charge is 0.348 e. The highest BCUT2D eigenvalue weighted by atomic mass is 32.1. The van der Waals surface area contributed by atoms with Gasteiger partial charge in [0.25, 0.3) is 11.5 Å². The number of H-pyrrole nitrogens is 1. The van der Waals surface area contributed by atoms with Crippen molar-refractivity contribution in [2.75, 3.05) is 7.11 Å². The van der Waals surface area contributed by atoms with E-state index < -0.39 is 35.9 Å². The molecule has 2 heterocycles. The lowest BCUT2D eigenvalue weighted by Gasteiger charge is -2.09. The molecule has 0 aliphatic heterocycles. The Labute approximate surface area is 139 Å². The highest BCUT2D eigenvalue weighted by Gasteiger charge is 2.25. The second-order valence-corrected chi connectivity index (χ2v) is 5.94. The summed E-state index contributed by atoms with van der Waals surface area (Å²) < 4.78 is 9.56. The molecule has 2 rings (SSSR count). The lowest BCUT2D eigenvalue weighted by atomic mass is 10.1. The number of carbonyl (C=O) groups excluding carboxylic acids is 3. The predicted octanol–water partition coefficient (Wildman–Crippen LogP) is 0.0391. The zero-order valence-electron chi connectivity index (χ0n) is 13.2. The molecule has 9 nitrogen and oxygen atoms in total. The molecule has 3 N–H and O–H groups in total. The Kier molecular flexibility index (Phi) is 4.98. The molecule has 128 valence electrons. The molecule has 1 atom stereocenters. The van der Waals surface area contributed by atoms with Gasteiger partial charge in [-0.3, -0.25) is 14.4 Å². The van der Waals surface area contributed by atoms with E-state index in [4.69, 9.17) is 10.5 Å². The topological polar surface area (TPSA) is 141 Å². The number of hydrogen-bond donors (Lipinski definition) is 2. The lowest BCUT2D eigenvalue weighted by Crippen LogP contribution is -2.31. The van der Waals surface area contributed by atoms with Crippen LogP contribution < -0.4 is 11.3 Å². The number of hydrogen-bond acceptors (Lipinski definition) is 8. The molecule has 0 aliphatic rings. The highest BCUT2D eigenvalue weighted by Crippen LogP contribution is 2.29. The average molecular weight is 353 g/mol. The van der Waals surface area contributed by atoms with Crippen LogP contribution in [0.3, 0.4) is 0 Å². The van der Waals surface area contributed by atoms with Crippen LogP contribution in [-0.4, -0.2) is 41.0 Å². The van der Waals surface area contributed by atoms with Gasteiger partial charge in [-0.15, -0.1) is 11.3 Å². The number of carbonyl (C=O) groups is 3. The van der Waals surface area contributed by atoms with Crippen molar-refractivity contribution < 1.29 is 23.9 Å². The summed E-state index contributed by atoms with van der Waals surface area (Å²) in [6.45, 7) is 2.92. The number of fused-ring (bicyclic) bond motifs is 1. The number of esters is 2. The molecule has 0 aliphatic carbocycles. The first-order chi connectivity index (χ1) is 11.2. The summed E-state index contributed by atoms with van der Waals surface area (Å²) in [5.41, 5.74) is 4.71. The number of aromatic amines is 1. The van der Waals surface area contributed by atoms with Gasteiger partial charge in [0.1, 0.15) is 15.5 Å². The fraction of sp³-hybridized carbons (Fsp3) is 0.357. The maximum atomic E-state index is 12.2. The van der Waals surface area contributed by atoms with E-state index in [1.165, 1.54) is 14.0 Å². The van der Waals surface area contributed by atoms with Gasteiger partial charge in [-0.25, -0.2) is 9.78 Å². The molecule has 0 spiro atoms. The highest BCUT2D eigenvalue weighted by molar-refractivity contribution is 7.20. The Morgan fingerprint density at radius 2 is 2.04 bits per heavy atom. The van der Waals surface area contributed by atoms with E-state index in [-0.39, 0.29) is 15.8 Å². The molecule has 0 radical (unpaired) electrons. The number of thiophene rings is 1. The Bertz CT molecular complexity index is 884. The standard InChI is InChI=1S/C14H15N3O6S/c1-5(11(15)19)23-8(18)4-7-9-12(20)16-6(2)17-13(9)24-10(7)14(21)22-3/h5H,4H2,1-3H3,(H2,15,19)(H,16,17,20)/t5-/m0/s1. The van der Waals surface area contributed by atoms with Crippen LogP contribution in [0.4, 0.5) is 0 Å². The van der Waals surface area contributed by atoms with Crippen LogP contribution in [0.15, 0.2) is 4.79 Å². The van der Waals surface area contributed by atoms with Crippen molar-refractivity contribution in [2.45, 2.75) is 26.4 Å². The van der Waals surface area contributed by atoms with Gasteiger partial charge < -0.3 is 20.2 Å². The quantitative estimate of drug-likeness (QED) is 0.723. The second kappa shape index (κ2) is 6.79. The van der Waals surface area contributed by atoms with Gasteiger partial charge in [-0.1, -0.05) is 0 Å². The van der Waals surface area contributed by atoms with Crippen LogP contribution >= 0.6 is 11.3 Å². The minimum absolute atomic E-state index is 0.0831. The number of rotatable bonds is 5. The van der Waals surface area contributed by atoms with E-state index in [1.54, 1.807) is 6.92 Å². The monoisotopic (exact) mass is 353 g/mol. The summed E-state index contributed by atoms with van der Waals surface area (Å²) in [5, 5.41) is 0.120. The normalized spacial score (nSPS) is 12.0. The Morgan fingerprint density at radius 3 is 2.62 bits per heavy atom. The molecule has 0 unspecified atom stereocenters. The second-order valence-electron chi connectivity index (χ2n) is 4.94. The summed E-state index contributed by atoms with van der Waals surface area (Å²) in [6, 6.07) is 0. The number of nitrogens with two attached hydrogens (primary N) is 1. The fourth-order valence-electron chi connectivity index (χ4n) is 2.04. The van der Waals surface area contributed by atoms with Crippen molar-refractivity contribution in [3.05, 3.63) is 26.6 Å². The van der Waals surface area contributed by atoms with Crippen molar-refractivity contribution >= 4 is 39.4 Å². The number of nitrogens with one attached hydrogen (secondary N) is 1. The fourth-order valence-corrected chi connectivity index (χ4v) is 3.20. The molecule has 2 aromatic heterocycles. The van der Waals surface area contributed by atoms with Gasteiger partial charge in [0.2, 0.25) is 0 Å². The number of aryl methyl sites for hydroxylation is 1. The molecule has 24 heavy (non-hydrogen) atoms. The Morgan fingerprint density at radius 1 is 1.38 bits per heavy atom. The van der Waals surface area contributed by atoms with Crippen LogP contribution in [0.5, 0.6) is 0 Å². The summed E-state index contributed by atoms with van der Waals surface area (Å²) in [6.07, 6.45) is -1.52. The van der Waals surface area contributed by atoms with Gasteiger partial charge >= 0.3 is 11.9 Å². The third-order valence-corrected chi connectivity index (χ3v) is 4.29. The zero-order chi connectivity index (χ0) is 18.0. The predicted molar refractivity (Wildman–Crippen MR) is 84.8 cm³/mol. The van der Waals surface area contributed by atoms with Gasteiger partial charge in [0, 0.05) is 5.56 Å². The van der Waals surface area contributed by atoms with E-state index >= 15 is 0 Å². The van der Waals surface area contributed by atoms with Crippen molar-refractivity contribution in [3.8, 4) is 0 Å². The van der Waals surface area contributed by atoms with E-state index in [0.29, 0.717) is 10.7 Å². The number of methoxy groups -OCH3 is 1.